The van der Waals surface area contributed by atoms with E-state index in [1.54, 1.807) is 11.3 Å². The lowest BCUT2D eigenvalue weighted by atomic mass is 10.2. The van der Waals surface area contributed by atoms with Crippen LogP contribution in [0.15, 0.2) is 18.5 Å². The second kappa shape index (κ2) is 5.66. The number of aromatic nitrogens is 2. The molecule has 2 heterocycles. The molecule has 2 aromatic rings. The van der Waals surface area contributed by atoms with E-state index >= 15 is 0 Å². The fourth-order valence-electron chi connectivity index (χ4n) is 1.58. The number of anilines is 2. The van der Waals surface area contributed by atoms with Crippen molar-refractivity contribution in [3.8, 4) is 0 Å². The Hall–Kier alpha value is -2.15. The van der Waals surface area contributed by atoms with E-state index in [4.69, 9.17) is 11.5 Å². The van der Waals surface area contributed by atoms with Crippen molar-refractivity contribution in [1.82, 2.24) is 9.97 Å². The van der Waals surface area contributed by atoms with E-state index in [2.05, 4.69) is 22.2 Å². The molecule has 0 fully saturated rings. The molecule has 0 aliphatic rings. The van der Waals surface area contributed by atoms with Crippen LogP contribution in [0.25, 0.3) is 0 Å². The molecule has 2 aromatic heterocycles. The number of carbonyl (C=O) groups excluding carboxylic acids is 1. The van der Waals surface area contributed by atoms with E-state index < -0.39 is 5.91 Å². The number of aryl methyl sites for hydroxylation is 1. The number of hydrogen-bond donors (Lipinski definition) is 3. The number of nitrogen functional groups attached to an aromatic ring is 1. The Bertz CT molecular complexity index is 596. The van der Waals surface area contributed by atoms with E-state index in [0.29, 0.717) is 17.8 Å². The highest BCUT2D eigenvalue weighted by Crippen LogP contribution is 2.19. The maximum absolute atomic E-state index is 11.3. The highest BCUT2D eigenvalue weighted by molar-refractivity contribution is 7.11. The van der Waals surface area contributed by atoms with Gasteiger partial charge in [-0.25, -0.2) is 9.97 Å². The van der Waals surface area contributed by atoms with Gasteiger partial charge in [0.1, 0.15) is 10.8 Å². The van der Waals surface area contributed by atoms with E-state index in [1.165, 1.54) is 17.1 Å². The molecular formula is C12H15N5OS. The van der Waals surface area contributed by atoms with Crippen molar-refractivity contribution < 1.29 is 4.79 Å². The van der Waals surface area contributed by atoms with E-state index in [1.807, 2.05) is 6.20 Å². The number of nitrogens with one attached hydrogen (secondary N) is 1. The van der Waals surface area contributed by atoms with Crippen LogP contribution < -0.4 is 16.8 Å². The molecule has 2 rings (SSSR count). The highest BCUT2D eigenvalue weighted by Gasteiger charge is 2.10. The fourth-order valence-corrected chi connectivity index (χ4v) is 2.38. The van der Waals surface area contributed by atoms with Crippen LogP contribution in [0.1, 0.15) is 27.2 Å². The Morgan fingerprint density at radius 2 is 2.21 bits per heavy atom. The number of carbonyl (C=O) groups is 1. The topological polar surface area (TPSA) is 107 Å². The standard InChI is InChI=1S/C12H15N5OS/c1-2-7-4-17-11(19-7)6-15-9-5-16-10(13)3-8(9)12(14)18/h3-5,15H,2,6H2,1H3,(H2,13,16)(H2,14,18). The minimum Gasteiger partial charge on any atom is -0.384 e. The van der Waals surface area contributed by atoms with Gasteiger partial charge in [0.2, 0.25) is 0 Å². The van der Waals surface area contributed by atoms with Gasteiger partial charge in [-0.1, -0.05) is 6.92 Å². The third-order valence-electron chi connectivity index (χ3n) is 2.57. The SMILES string of the molecule is CCc1cnc(CNc2cnc(N)cc2C(N)=O)s1. The Morgan fingerprint density at radius 1 is 1.42 bits per heavy atom. The molecule has 0 saturated carbocycles. The summed E-state index contributed by atoms with van der Waals surface area (Å²) < 4.78 is 0. The van der Waals surface area contributed by atoms with Crippen LogP contribution in [0.2, 0.25) is 0 Å². The summed E-state index contributed by atoms with van der Waals surface area (Å²) in [4.78, 5) is 20.8. The van der Waals surface area contributed by atoms with Gasteiger partial charge in [-0.2, -0.15) is 0 Å². The number of thiazole rings is 1. The zero-order chi connectivity index (χ0) is 13.8. The maximum atomic E-state index is 11.3. The number of hydrogen-bond acceptors (Lipinski definition) is 6. The summed E-state index contributed by atoms with van der Waals surface area (Å²) in [6.45, 7) is 2.61. The molecule has 0 spiro atoms. The van der Waals surface area contributed by atoms with Gasteiger partial charge in [0, 0.05) is 11.1 Å². The lowest BCUT2D eigenvalue weighted by Gasteiger charge is -2.08. The van der Waals surface area contributed by atoms with Crippen LogP contribution in [0.4, 0.5) is 11.5 Å². The molecule has 0 bridgehead atoms. The predicted octanol–water partition coefficient (Wildman–Crippen LogP) is 1.39. The molecule has 19 heavy (non-hydrogen) atoms. The number of nitrogens with two attached hydrogens (primary N) is 2. The first kappa shape index (κ1) is 13.3. The van der Waals surface area contributed by atoms with Gasteiger partial charge in [-0.15, -0.1) is 11.3 Å². The molecule has 100 valence electrons. The molecule has 0 aromatic carbocycles. The fraction of sp³-hybridized carbons (Fsp3) is 0.250. The summed E-state index contributed by atoms with van der Waals surface area (Å²) in [6, 6.07) is 1.46. The Balaban J connectivity index is 2.12. The lowest BCUT2D eigenvalue weighted by molar-refractivity contribution is 0.100. The predicted molar refractivity (Wildman–Crippen MR) is 76.0 cm³/mol. The van der Waals surface area contributed by atoms with Crippen LogP contribution in [0, 0.1) is 0 Å². The van der Waals surface area contributed by atoms with Gasteiger partial charge in [0.05, 0.1) is 24.0 Å². The van der Waals surface area contributed by atoms with Crippen molar-refractivity contribution >= 4 is 28.7 Å². The molecule has 6 nitrogen and oxygen atoms in total. The quantitative estimate of drug-likeness (QED) is 0.765. The van der Waals surface area contributed by atoms with Crippen molar-refractivity contribution in [2.45, 2.75) is 19.9 Å². The first-order valence-corrected chi connectivity index (χ1v) is 6.64. The number of rotatable bonds is 5. The van der Waals surface area contributed by atoms with Crippen LogP contribution in [0.3, 0.4) is 0 Å². The second-order valence-electron chi connectivity index (χ2n) is 3.95. The molecule has 0 unspecified atom stereocenters. The highest BCUT2D eigenvalue weighted by atomic mass is 32.1. The minimum absolute atomic E-state index is 0.266. The summed E-state index contributed by atoms with van der Waals surface area (Å²) in [5.74, 6) is -0.271. The summed E-state index contributed by atoms with van der Waals surface area (Å²) in [6.07, 6.45) is 4.33. The Kier molecular flexibility index (Phi) is 3.96. The molecule has 0 aliphatic heterocycles. The third kappa shape index (κ3) is 3.19. The zero-order valence-corrected chi connectivity index (χ0v) is 11.3. The summed E-state index contributed by atoms with van der Waals surface area (Å²) in [5.41, 5.74) is 11.7. The van der Waals surface area contributed by atoms with Crippen molar-refractivity contribution in [3.05, 3.63) is 33.9 Å². The Labute approximate surface area is 114 Å². The van der Waals surface area contributed by atoms with Crippen LogP contribution in [-0.2, 0) is 13.0 Å². The molecule has 0 radical (unpaired) electrons. The van der Waals surface area contributed by atoms with Crippen molar-refractivity contribution in [1.29, 1.82) is 0 Å². The van der Waals surface area contributed by atoms with Crippen molar-refractivity contribution in [2.24, 2.45) is 5.73 Å². The first-order chi connectivity index (χ1) is 9.10. The Morgan fingerprint density at radius 3 is 2.84 bits per heavy atom. The molecule has 0 aliphatic carbocycles. The first-order valence-electron chi connectivity index (χ1n) is 5.83. The summed E-state index contributed by atoms with van der Waals surface area (Å²) in [7, 11) is 0. The van der Waals surface area contributed by atoms with E-state index in [-0.39, 0.29) is 5.82 Å². The van der Waals surface area contributed by atoms with Crippen LogP contribution in [-0.4, -0.2) is 15.9 Å². The minimum atomic E-state index is -0.537. The van der Waals surface area contributed by atoms with Gasteiger partial charge in [0.15, 0.2) is 0 Å². The van der Waals surface area contributed by atoms with Gasteiger partial charge >= 0.3 is 0 Å². The molecule has 0 atom stereocenters. The number of nitrogens with zero attached hydrogens (tertiary/aromatic N) is 2. The summed E-state index contributed by atoms with van der Waals surface area (Å²) >= 11 is 1.63. The van der Waals surface area contributed by atoms with E-state index in [9.17, 15) is 4.79 Å². The third-order valence-corrected chi connectivity index (χ3v) is 3.71. The van der Waals surface area contributed by atoms with Gasteiger partial charge in [-0.05, 0) is 12.5 Å². The smallest absolute Gasteiger partial charge is 0.250 e. The van der Waals surface area contributed by atoms with Crippen molar-refractivity contribution in [3.63, 3.8) is 0 Å². The zero-order valence-electron chi connectivity index (χ0n) is 10.5. The normalized spacial score (nSPS) is 10.4. The molecule has 7 heteroatoms. The monoisotopic (exact) mass is 277 g/mol. The van der Waals surface area contributed by atoms with Crippen molar-refractivity contribution in [2.75, 3.05) is 11.1 Å². The van der Waals surface area contributed by atoms with Gasteiger partial charge in [0.25, 0.3) is 5.91 Å². The summed E-state index contributed by atoms with van der Waals surface area (Å²) in [5, 5.41) is 4.05. The van der Waals surface area contributed by atoms with Crippen LogP contribution in [0.5, 0.6) is 0 Å². The second-order valence-corrected chi connectivity index (χ2v) is 5.15. The van der Waals surface area contributed by atoms with Gasteiger partial charge < -0.3 is 16.8 Å². The molecular weight excluding hydrogens is 262 g/mol. The largest absolute Gasteiger partial charge is 0.384 e. The molecule has 1 amide bonds. The van der Waals surface area contributed by atoms with E-state index in [0.717, 1.165) is 11.4 Å². The average molecular weight is 277 g/mol. The molecule has 5 N–H and O–H groups in total. The number of primary amides is 1. The average Bonchev–Trinajstić information content (AvgIpc) is 2.85. The lowest BCUT2D eigenvalue weighted by Crippen LogP contribution is -2.15. The number of pyridine rings is 1. The molecule has 0 saturated heterocycles. The van der Waals surface area contributed by atoms with Crippen LogP contribution >= 0.6 is 11.3 Å². The maximum Gasteiger partial charge on any atom is 0.250 e. The van der Waals surface area contributed by atoms with Gasteiger partial charge in [-0.3, -0.25) is 4.79 Å². The number of amides is 1.